The Hall–Kier alpha value is -1.81. The molecule has 0 amide bonds. The highest BCUT2D eigenvalue weighted by molar-refractivity contribution is 6.31. The van der Waals surface area contributed by atoms with Crippen molar-refractivity contribution in [2.45, 2.75) is 38.8 Å². The maximum atomic E-state index is 12.1. The maximum absolute atomic E-state index is 12.1. The lowest BCUT2D eigenvalue weighted by molar-refractivity contribution is 0.445. The third-order valence-electron chi connectivity index (χ3n) is 3.87. The van der Waals surface area contributed by atoms with Gasteiger partial charge in [-0.3, -0.25) is 4.79 Å². The smallest absolute Gasteiger partial charge is 0.269 e. The minimum Gasteiger partial charge on any atom is -0.381 e. The largest absolute Gasteiger partial charge is 0.381 e. The van der Waals surface area contributed by atoms with E-state index in [9.17, 15) is 4.79 Å². The lowest BCUT2D eigenvalue weighted by atomic mass is 9.93. The fourth-order valence-corrected chi connectivity index (χ4v) is 2.66. The normalized spacial score (nSPS) is 14.8. The minimum atomic E-state index is -0.115. The van der Waals surface area contributed by atoms with Crippen LogP contribution in [0.5, 0.6) is 0 Å². The summed E-state index contributed by atoms with van der Waals surface area (Å²) in [5, 5.41) is 8.23. The Morgan fingerprint density at radius 2 is 2.19 bits per heavy atom. The molecule has 0 aliphatic heterocycles. The van der Waals surface area contributed by atoms with Crippen molar-refractivity contribution in [3.05, 3.63) is 57.0 Å². The van der Waals surface area contributed by atoms with Crippen molar-refractivity contribution in [2.75, 3.05) is 5.32 Å². The zero-order valence-corrected chi connectivity index (χ0v) is 12.7. The molecule has 0 saturated heterocycles. The van der Waals surface area contributed by atoms with E-state index < -0.39 is 0 Å². The van der Waals surface area contributed by atoms with Gasteiger partial charge in [-0.2, -0.15) is 5.10 Å². The Kier molecular flexibility index (Phi) is 3.97. The predicted octanol–water partition coefficient (Wildman–Crippen LogP) is 3.22. The monoisotopic (exact) mass is 303 g/mol. The topological polar surface area (TPSA) is 46.9 Å². The van der Waals surface area contributed by atoms with Crippen LogP contribution in [-0.2, 0) is 6.54 Å². The van der Waals surface area contributed by atoms with Crippen LogP contribution in [0.25, 0.3) is 0 Å². The number of aromatic nitrogens is 2. The first-order valence-electron chi connectivity index (χ1n) is 7.20. The Morgan fingerprint density at radius 1 is 1.38 bits per heavy atom. The van der Waals surface area contributed by atoms with Crippen molar-refractivity contribution >= 4 is 17.3 Å². The molecule has 110 valence electrons. The third kappa shape index (κ3) is 3.27. The lowest BCUT2D eigenvalue weighted by Gasteiger charge is -2.27. The van der Waals surface area contributed by atoms with Crippen LogP contribution in [0, 0.1) is 6.92 Å². The highest BCUT2D eigenvalue weighted by atomic mass is 35.5. The molecule has 0 atom stereocenters. The molecule has 5 heteroatoms. The number of halogens is 1. The minimum absolute atomic E-state index is 0.115. The van der Waals surface area contributed by atoms with Crippen LogP contribution in [0.4, 0.5) is 5.69 Å². The summed E-state index contributed by atoms with van der Waals surface area (Å²) in [5.74, 6) is 0. The first-order chi connectivity index (χ1) is 10.1. The molecule has 0 bridgehead atoms. The van der Waals surface area contributed by atoms with E-state index >= 15 is 0 Å². The Labute approximate surface area is 128 Å². The zero-order chi connectivity index (χ0) is 14.8. The molecular weight excluding hydrogens is 286 g/mol. The van der Waals surface area contributed by atoms with Crippen LogP contribution in [-0.4, -0.2) is 15.8 Å². The lowest BCUT2D eigenvalue weighted by Crippen LogP contribution is -2.29. The second kappa shape index (κ2) is 5.90. The van der Waals surface area contributed by atoms with Gasteiger partial charge in [0.25, 0.3) is 5.56 Å². The standard InChI is InChI=1S/C16H18ClN3O/c1-11-5-6-12(15(17)7-11)10-20-16(21)8-14(9-18-20)19-13-3-2-4-13/h5-9,13,19H,2-4,10H2,1H3. The van der Waals surface area contributed by atoms with Crippen LogP contribution in [0.2, 0.25) is 5.02 Å². The van der Waals surface area contributed by atoms with E-state index in [4.69, 9.17) is 11.6 Å². The van der Waals surface area contributed by atoms with Gasteiger partial charge in [0.2, 0.25) is 0 Å². The second-order valence-electron chi connectivity index (χ2n) is 5.61. The predicted molar refractivity (Wildman–Crippen MR) is 85.0 cm³/mol. The first kappa shape index (κ1) is 14.1. The van der Waals surface area contributed by atoms with E-state index in [-0.39, 0.29) is 5.56 Å². The molecule has 0 spiro atoms. The average molecular weight is 304 g/mol. The van der Waals surface area contributed by atoms with Gasteiger partial charge in [0, 0.05) is 17.1 Å². The quantitative estimate of drug-likeness (QED) is 0.943. The van der Waals surface area contributed by atoms with Crippen molar-refractivity contribution in [3.63, 3.8) is 0 Å². The molecular formula is C16H18ClN3O. The van der Waals surface area contributed by atoms with Gasteiger partial charge in [-0.25, -0.2) is 4.68 Å². The SMILES string of the molecule is Cc1ccc(Cn2ncc(NC3CCC3)cc2=O)c(Cl)c1. The van der Waals surface area contributed by atoms with Gasteiger partial charge < -0.3 is 5.32 Å². The van der Waals surface area contributed by atoms with E-state index in [1.54, 1.807) is 12.3 Å². The fourth-order valence-electron chi connectivity index (χ4n) is 2.36. The van der Waals surface area contributed by atoms with Gasteiger partial charge in [-0.15, -0.1) is 0 Å². The number of anilines is 1. The summed E-state index contributed by atoms with van der Waals surface area (Å²) in [5.41, 5.74) is 2.69. The number of nitrogens with zero attached hydrogens (tertiary/aromatic N) is 2. The molecule has 0 radical (unpaired) electrons. The molecule has 2 aromatic rings. The van der Waals surface area contributed by atoms with E-state index in [0.29, 0.717) is 17.6 Å². The number of hydrogen-bond acceptors (Lipinski definition) is 3. The van der Waals surface area contributed by atoms with Crippen molar-refractivity contribution in [3.8, 4) is 0 Å². The summed E-state index contributed by atoms with van der Waals surface area (Å²) in [6.45, 7) is 2.38. The molecule has 1 aromatic heterocycles. The van der Waals surface area contributed by atoms with Crippen molar-refractivity contribution in [2.24, 2.45) is 0 Å². The van der Waals surface area contributed by atoms with Crippen LogP contribution in [0.1, 0.15) is 30.4 Å². The molecule has 1 saturated carbocycles. The van der Waals surface area contributed by atoms with Crippen molar-refractivity contribution in [1.29, 1.82) is 0 Å². The number of hydrogen-bond donors (Lipinski definition) is 1. The summed E-state index contributed by atoms with van der Waals surface area (Å²) in [4.78, 5) is 12.1. The van der Waals surface area contributed by atoms with Crippen LogP contribution in [0.3, 0.4) is 0 Å². The molecule has 1 aliphatic rings. The highest BCUT2D eigenvalue weighted by Crippen LogP contribution is 2.22. The molecule has 1 N–H and O–H groups in total. The van der Waals surface area contributed by atoms with E-state index in [1.807, 2.05) is 25.1 Å². The van der Waals surface area contributed by atoms with E-state index in [0.717, 1.165) is 16.8 Å². The Morgan fingerprint density at radius 3 is 2.81 bits per heavy atom. The van der Waals surface area contributed by atoms with Gasteiger partial charge in [0.1, 0.15) is 0 Å². The maximum Gasteiger partial charge on any atom is 0.269 e. The zero-order valence-electron chi connectivity index (χ0n) is 12.0. The Balaban J connectivity index is 1.77. The van der Waals surface area contributed by atoms with Gasteiger partial charge in [0.15, 0.2) is 0 Å². The van der Waals surface area contributed by atoms with Crippen LogP contribution >= 0.6 is 11.6 Å². The average Bonchev–Trinajstić information content (AvgIpc) is 2.39. The van der Waals surface area contributed by atoms with E-state index in [2.05, 4.69) is 10.4 Å². The molecule has 1 fully saturated rings. The second-order valence-corrected chi connectivity index (χ2v) is 6.01. The summed E-state index contributed by atoms with van der Waals surface area (Å²) >= 11 is 6.20. The highest BCUT2D eigenvalue weighted by Gasteiger charge is 2.17. The summed E-state index contributed by atoms with van der Waals surface area (Å²) in [6.07, 6.45) is 5.31. The van der Waals surface area contributed by atoms with Gasteiger partial charge in [0.05, 0.1) is 18.4 Å². The number of aryl methyl sites for hydroxylation is 1. The van der Waals surface area contributed by atoms with E-state index in [1.165, 1.54) is 23.9 Å². The van der Waals surface area contributed by atoms with Crippen molar-refractivity contribution in [1.82, 2.24) is 9.78 Å². The molecule has 1 aromatic carbocycles. The molecule has 1 heterocycles. The summed E-state index contributed by atoms with van der Waals surface area (Å²) < 4.78 is 1.43. The first-order valence-corrected chi connectivity index (χ1v) is 7.58. The molecule has 0 unspecified atom stereocenters. The van der Waals surface area contributed by atoms with Crippen molar-refractivity contribution < 1.29 is 0 Å². The molecule has 1 aliphatic carbocycles. The number of nitrogens with one attached hydrogen (secondary N) is 1. The third-order valence-corrected chi connectivity index (χ3v) is 4.23. The van der Waals surface area contributed by atoms with Gasteiger partial charge in [-0.05, 0) is 43.4 Å². The molecule has 4 nitrogen and oxygen atoms in total. The van der Waals surface area contributed by atoms with Gasteiger partial charge in [-0.1, -0.05) is 23.7 Å². The summed E-state index contributed by atoms with van der Waals surface area (Å²) in [7, 11) is 0. The summed E-state index contributed by atoms with van der Waals surface area (Å²) in [6, 6.07) is 7.92. The number of rotatable bonds is 4. The van der Waals surface area contributed by atoms with Gasteiger partial charge >= 0.3 is 0 Å². The molecule has 3 rings (SSSR count). The fraction of sp³-hybridized carbons (Fsp3) is 0.375. The number of benzene rings is 1. The van der Waals surface area contributed by atoms with Crippen LogP contribution < -0.4 is 10.9 Å². The van der Waals surface area contributed by atoms with Crippen LogP contribution in [0.15, 0.2) is 35.3 Å². The molecule has 21 heavy (non-hydrogen) atoms. The Bertz CT molecular complexity index is 707.